The molecule has 0 aliphatic carbocycles. The van der Waals surface area contributed by atoms with Crippen LogP contribution in [0.15, 0.2) is 0 Å². The molecule has 0 aliphatic heterocycles. The minimum Gasteiger partial charge on any atom is -0.394 e. The summed E-state index contributed by atoms with van der Waals surface area (Å²) in [5.41, 5.74) is 1.55. The van der Waals surface area contributed by atoms with Crippen molar-refractivity contribution in [3.05, 3.63) is 0 Å². The number of nitrogens with two attached hydrogens (primary N) is 1. The predicted molar refractivity (Wildman–Crippen MR) is 43.4 cm³/mol. The van der Waals surface area contributed by atoms with Crippen LogP contribution in [0.5, 0.6) is 0 Å². The lowest BCUT2D eigenvalue weighted by molar-refractivity contribution is -0.148. The first kappa shape index (κ1) is 13.2. The van der Waals surface area contributed by atoms with E-state index in [-0.39, 0.29) is 0 Å². The minimum atomic E-state index is -1.98. The second-order valence-electron chi connectivity index (χ2n) is 2.68. The first-order valence-electron chi connectivity index (χ1n) is 3.79. The molecule has 14 heavy (non-hydrogen) atoms. The Bertz CT molecular complexity index is 189. The van der Waals surface area contributed by atoms with Crippen molar-refractivity contribution in [3.8, 4) is 0 Å². The number of aliphatic hydroxyl groups excluding tert-OH is 5. The van der Waals surface area contributed by atoms with Crippen molar-refractivity contribution in [1.82, 2.24) is 5.43 Å². The number of carbonyl (C=O) groups excluding carboxylic acids is 1. The molecular formula is C6H14N2O6. The quantitative estimate of drug-likeness (QED) is 0.137. The van der Waals surface area contributed by atoms with E-state index in [1.807, 2.05) is 0 Å². The smallest absolute Gasteiger partial charge is 0.265 e. The fourth-order valence-electron chi connectivity index (χ4n) is 0.763. The van der Waals surface area contributed by atoms with Gasteiger partial charge in [-0.2, -0.15) is 0 Å². The Kier molecular flexibility index (Phi) is 5.53. The first-order valence-corrected chi connectivity index (χ1v) is 3.79. The summed E-state index contributed by atoms with van der Waals surface area (Å²) in [4.78, 5) is 10.7. The first-order chi connectivity index (χ1) is 6.45. The molecule has 0 aromatic heterocycles. The Hall–Kier alpha value is -0.770. The number of hydrogen-bond donors (Lipinski definition) is 7. The molecule has 0 bridgehead atoms. The van der Waals surface area contributed by atoms with Crippen molar-refractivity contribution >= 4 is 5.91 Å². The van der Waals surface area contributed by atoms with Gasteiger partial charge in [-0.3, -0.25) is 10.2 Å². The van der Waals surface area contributed by atoms with E-state index in [0.717, 1.165) is 0 Å². The molecule has 0 saturated heterocycles. The summed E-state index contributed by atoms with van der Waals surface area (Å²) in [6.07, 6.45) is -7.39. The molecule has 0 unspecified atom stereocenters. The summed E-state index contributed by atoms with van der Waals surface area (Å²) in [5.74, 6) is 3.55. The molecule has 0 saturated carbocycles. The van der Waals surface area contributed by atoms with Crippen LogP contribution in [0.4, 0.5) is 0 Å². The fourth-order valence-corrected chi connectivity index (χ4v) is 0.763. The topological polar surface area (TPSA) is 156 Å². The molecule has 0 fully saturated rings. The molecule has 4 atom stereocenters. The van der Waals surface area contributed by atoms with Gasteiger partial charge in [-0.1, -0.05) is 0 Å². The highest BCUT2D eigenvalue weighted by Crippen LogP contribution is 2.04. The molecule has 0 radical (unpaired) electrons. The zero-order valence-electron chi connectivity index (χ0n) is 7.24. The van der Waals surface area contributed by atoms with Crippen molar-refractivity contribution in [3.63, 3.8) is 0 Å². The van der Waals surface area contributed by atoms with Gasteiger partial charge >= 0.3 is 0 Å². The third kappa shape index (κ3) is 3.18. The second-order valence-corrected chi connectivity index (χ2v) is 2.68. The molecule has 0 spiro atoms. The molecule has 0 aliphatic rings. The van der Waals surface area contributed by atoms with Gasteiger partial charge in [0.15, 0.2) is 6.10 Å². The number of carbonyl (C=O) groups is 1. The number of amides is 1. The van der Waals surface area contributed by atoms with E-state index < -0.39 is 36.9 Å². The molecule has 1 amide bonds. The predicted octanol–water partition coefficient (Wildman–Crippen LogP) is -4.59. The number of hydrazine groups is 1. The molecule has 0 rings (SSSR count). The van der Waals surface area contributed by atoms with Crippen LogP contribution in [0, 0.1) is 0 Å². The standard InChI is InChI=1S/C6H14N2O6/c7-8-6(14)5(13)4(12)3(11)2(10)1-9/h2-5,9-13H,1,7H2,(H,8,14)/t2-,3+,4+,5+/m1/s1. The maximum absolute atomic E-state index is 10.7. The maximum atomic E-state index is 10.7. The lowest BCUT2D eigenvalue weighted by Crippen LogP contribution is -2.52. The van der Waals surface area contributed by atoms with Crippen molar-refractivity contribution in [2.24, 2.45) is 5.84 Å². The summed E-state index contributed by atoms with van der Waals surface area (Å²) >= 11 is 0. The van der Waals surface area contributed by atoms with Crippen molar-refractivity contribution in [2.45, 2.75) is 24.4 Å². The van der Waals surface area contributed by atoms with Crippen LogP contribution < -0.4 is 11.3 Å². The SMILES string of the molecule is NNC(=O)[C@@H](O)[C@@H](O)[C@@H](O)[C@H](O)CO. The second kappa shape index (κ2) is 5.86. The largest absolute Gasteiger partial charge is 0.394 e. The van der Waals surface area contributed by atoms with Crippen LogP contribution in [0.1, 0.15) is 0 Å². The molecule has 0 aromatic rings. The Labute approximate surface area is 79.6 Å². The van der Waals surface area contributed by atoms with Gasteiger partial charge in [0.1, 0.15) is 18.3 Å². The van der Waals surface area contributed by atoms with E-state index in [1.165, 1.54) is 0 Å². The monoisotopic (exact) mass is 210 g/mol. The number of hydrogen-bond acceptors (Lipinski definition) is 7. The lowest BCUT2D eigenvalue weighted by atomic mass is 10.0. The van der Waals surface area contributed by atoms with Gasteiger partial charge in [0.2, 0.25) is 0 Å². The van der Waals surface area contributed by atoms with Crippen molar-refractivity contribution in [2.75, 3.05) is 6.61 Å². The van der Waals surface area contributed by atoms with Crippen LogP contribution in [0.2, 0.25) is 0 Å². The van der Waals surface area contributed by atoms with Gasteiger partial charge in [0, 0.05) is 0 Å². The summed E-state index contributed by atoms with van der Waals surface area (Å²) in [6.45, 7) is -0.810. The highest BCUT2D eigenvalue weighted by Gasteiger charge is 2.33. The van der Waals surface area contributed by atoms with Crippen LogP contribution >= 0.6 is 0 Å². The molecule has 0 aromatic carbocycles. The molecule has 0 heterocycles. The third-order valence-electron chi connectivity index (χ3n) is 1.67. The summed E-state index contributed by atoms with van der Waals surface area (Å²) in [6, 6.07) is 0. The number of nitrogens with one attached hydrogen (secondary N) is 1. The van der Waals surface area contributed by atoms with Crippen LogP contribution in [-0.2, 0) is 4.79 Å². The lowest BCUT2D eigenvalue weighted by Gasteiger charge is -2.24. The summed E-state index contributed by atoms with van der Waals surface area (Å²) < 4.78 is 0. The average Bonchev–Trinajstić information content (AvgIpc) is 2.23. The van der Waals surface area contributed by atoms with Gasteiger partial charge < -0.3 is 25.5 Å². The van der Waals surface area contributed by atoms with Crippen LogP contribution in [0.3, 0.4) is 0 Å². The Morgan fingerprint density at radius 1 is 1.21 bits per heavy atom. The van der Waals surface area contributed by atoms with E-state index in [9.17, 15) is 4.79 Å². The summed E-state index contributed by atoms with van der Waals surface area (Å²) in [5, 5.41) is 44.4. The Morgan fingerprint density at radius 3 is 2.07 bits per heavy atom. The average molecular weight is 210 g/mol. The normalized spacial score (nSPS) is 19.6. The molecule has 8 nitrogen and oxygen atoms in total. The van der Waals surface area contributed by atoms with E-state index >= 15 is 0 Å². The van der Waals surface area contributed by atoms with E-state index in [4.69, 9.17) is 25.5 Å². The van der Waals surface area contributed by atoms with Gasteiger partial charge in [0.05, 0.1) is 6.61 Å². The fraction of sp³-hybridized carbons (Fsp3) is 0.833. The Balaban J connectivity index is 4.30. The van der Waals surface area contributed by atoms with Gasteiger partial charge in [-0.05, 0) is 0 Å². The molecular weight excluding hydrogens is 196 g/mol. The highest BCUT2D eigenvalue weighted by atomic mass is 16.4. The van der Waals surface area contributed by atoms with Gasteiger partial charge in [-0.15, -0.1) is 0 Å². The van der Waals surface area contributed by atoms with E-state index in [2.05, 4.69) is 5.84 Å². The van der Waals surface area contributed by atoms with Crippen molar-refractivity contribution in [1.29, 1.82) is 0 Å². The maximum Gasteiger partial charge on any atom is 0.265 e. The highest BCUT2D eigenvalue weighted by molar-refractivity contribution is 5.80. The number of rotatable bonds is 5. The zero-order valence-corrected chi connectivity index (χ0v) is 7.24. The van der Waals surface area contributed by atoms with Gasteiger partial charge in [-0.25, -0.2) is 5.84 Å². The zero-order chi connectivity index (χ0) is 11.3. The third-order valence-corrected chi connectivity index (χ3v) is 1.67. The Morgan fingerprint density at radius 2 is 1.71 bits per heavy atom. The van der Waals surface area contributed by atoms with Crippen molar-refractivity contribution < 1.29 is 30.3 Å². The van der Waals surface area contributed by atoms with Crippen LogP contribution in [0.25, 0.3) is 0 Å². The van der Waals surface area contributed by atoms with E-state index in [0.29, 0.717) is 0 Å². The molecule has 8 N–H and O–H groups in total. The minimum absolute atomic E-state index is 0.810. The molecule has 84 valence electrons. The molecule has 8 heteroatoms. The van der Waals surface area contributed by atoms with Crippen LogP contribution in [-0.4, -0.2) is 62.5 Å². The number of aliphatic hydroxyl groups is 5. The van der Waals surface area contributed by atoms with Gasteiger partial charge in [0.25, 0.3) is 5.91 Å². The summed E-state index contributed by atoms with van der Waals surface area (Å²) in [7, 11) is 0. The van der Waals surface area contributed by atoms with E-state index in [1.54, 1.807) is 5.43 Å².